The van der Waals surface area contributed by atoms with E-state index in [2.05, 4.69) is 20.1 Å². The van der Waals surface area contributed by atoms with Crippen LogP contribution >= 0.6 is 0 Å². The van der Waals surface area contributed by atoms with E-state index in [4.69, 9.17) is 0 Å². The first-order valence-electron chi connectivity index (χ1n) is 8.19. The number of benzene rings is 1. The highest BCUT2D eigenvalue weighted by molar-refractivity contribution is 5.76. The Morgan fingerprint density at radius 3 is 2.61 bits per heavy atom. The van der Waals surface area contributed by atoms with Crippen molar-refractivity contribution in [2.24, 2.45) is 0 Å². The summed E-state index contributed by atoms with van der Waals surface area (Å²) in [5.74, 6) is -0.657. The molecule has 8 nitrogen and oxygen atoms in total. The van der Waals surface area contributed by atoms with Gasteiger partial charge in [0.25, 0.3) is 5.78 Å². The lowest BCUT2D eigenvalue weighted by Crippen LogP contribution is -2.34. The summed E-state index contributed by atoms with van der Waals surface area (Å²) < 4.78 is 42.6. The number of fused-ring (bicyclic) bond motifs is 1. The minimum absolute atomic E-state index is 0.178. The summed E-state index contributed by atoms with van der Waals surface area (Å²) in [6.07, 6.45) is -1.64. The highest BCUT2D eigenvalue weighted by Gasteiger charge is 2.31. The molecule has 0 fully saturated rings. The molecular weight excluding hydrogens is 379 g/mol. The quantitative estimate of drug-likeness (QED) is 0.714. The Kier molecular flexibility index (Phi) is 5.08. The molecule has 1 atom stereocenters. The summed E-state index contributed by atoms with van der Waals surface area (Å²) in [4.78, 5) is 28.5. The van der Waals surface area contributed by atoms with E-state index in [0.29, 0.717) is 5.56 Å². The molecule has 0 aliphatic rings. The molecule has 0 saturated heterocycles. The highest BCUT2D eigenvalue weighted by atomic mass is 19.4. The van der Waals surface area contributed by atoms with Crippen molar-refractivity contribution in [2.75, 3.05) is 0 Å². The number of hydrogen-bond donors (Lipinski definition) is 1. The summed E-state index contributed by atoms with van der Waals surface area (Å²) in [6.45, 7) is 3.12. The summed E-state index contributed by atoms with van der Waals surface area (Å²) in [7, 11) is 0. The molecule has 1 amide bonds. The fourth-order valence-electron chi connectivity index (χ4n) is 2.57. The Morgan fingerprint density at radius 2 is 1.96 bits per heavy atom. The van der Waals surface area contributed by atoms with Gasteiger partial charge in [-0.05, 0) is 37.1 Å². The summed E-state index contributed by atoms with van der Waals surface area (Å²) in [5, 5.41) is 6.66. The van der Waals surface area contributed by atoms with Crippen LogP contribution in [0.1, 0.15) is 24.1 Å². The standard InChI is InChI=1S/C17H16F3N5O3/c1-10-7-21-15-23-25(16(27)24(15)8-10)9-14(26)22-11(2)12-3-5-13(6-4-12)28-17(18,19)20/h3-8,11H,9H2,1-2H3,(H,22,26)/t11-/m0/s1. The maximum atomic E-state index is 12.3. The number of nitrogens with one attached hydrogen (secondary N) is 1. The Hall–Kier alpha value is -3.37. The van der Waals surface area contributed by atoms with Crippen LogP contribution in [0.5, 0.6) is 5.75 Å². The van der Waals surface area contributed by atoms with Crippen molar-refractivity contribution in [1.82, 2.24) is 24.5 Å². The normalized spacial score (nSPS) is 12.8. The highest BCUT2D eigenvalue weighted by Crippen LogP contribution is 2.24. The molecule has 0 radical (unpaired) electrons. The van der Waals surface area contributed by atoms with Crippen molar-refractivity contribution in [3.05, 3.63) is 58.3 Å². The molecule has 3 aromatic rings. The third-order valence-electron chi connectivity index (χ3n) is 3.85. The van der Waals surface area contributed by atoms with Crippen LogP contribution in [0, 0.1) is 6.92 Å². The van der Waals surface area contributed by atoms with Crippen LogP contribution in [0.25, 0.3) is 5.78 Å². The van der Waals surface area contributed by atoms with Gasteiger partial charge in [0.1, 0.15) is 12.3 Å². The number of aryl methyl sites for hydroxylation is 1. The lowest BCUT2D eigenvalue weighted by Gasteiger charge is -2.15. The number of ether oxygens (including phenoxy) is 1. The molecule has 0 bridgehead atoms. The molecule has 28 heavy (non-hydrogen) atoms. The predicted molar refractivity (Wildman–Crippen MR) is 91.7 cm³/mol. The smallest absolute Gasteiger partial charge is 0.406 e. The van der Waals surface area contributed by atoms with E-state index in [1.807, 2.05) is 0 Å². The lowest BCUT2D eigenvalue weighted by atomic mass is 10.1. The van der Waals surface area contributed by atoms with Gasteiger partial charge in [0.15, 0.2) is 0 Å². The number of nitrogens with zero attached hydrogens (tertiary/aromatic N) is 4. The largest absolute Gasteiger partial charge is 0.573 e. The topological polar surface area (TPSA) is 90.5 Å². The van der Waals surface area contributed by atoms with E-state index in [0.717, 1.165) is 22.4 Å². The Bertz CT molecular complexity index is 1060. The molecule has 11 heteroatoms. The first-order valence-corrected chi connectivity index (χ1v) is 8.19. The van der Waals surface area contributed by atoms with Gasteiger partial charge >= 0.3 is 12.1 Å². The predicted octanol–water partition coefficient (Wildman–Crippen LogP) is 1.98. The van der Waals surface area contributed by atoms with E-state index < -0.39 is 24.0 Å². The van der Waals surface area contributed by atoms with Gasteiger partial charge < -0.3 is 10.1 Å². The SMILES string of the molecule is Cc1cnc2nn(CC(=O)N[C@@H](C)c3ccc(OC(F)(F)F)cc3)c(=O)n2c1. The first-order chi connectivity index (χ1) is 13.1. The van der Waals surface area contributed by atoms with E-state index in [-0.39, 0.29) is 18.1 Å². The minimum atomic E-state index is -4.77. The molecule has 0 aliphatic heterocycles. The molecule has 2 heterocycles. The minimum Gasteiger partial charge on any atom is -0.406 e. The fourth-order valence-corrected chi connectivity index (χ4v) is 2.57. The number of halogens is 3. The number of aromatic nitrogens is 4. The summed E-state index contributed by atoms with van der Waals surface area (Å²) in [6, 6.07) is 4.64. The van der Waals surface area contributed by atoms with Crippen LogP contribution in [0.2, 0.25) is 0 Å². The zero-order chi connectivity index (χ0) is 20.5. The molecular formula is C17H16F3N5O3. The van der Waals surface area contributed by atoms with Gasteiger partial charge in [0.05, 0.1) is 6.04 Å². The molecule has 2 aromatic heterocycles. The molecule has 0 aliphatic carbocycles. The number of alkyl halides is 3. The second-order valence-corrected chi connectivity index (χ2v) is 6.15. The van der Waals surface area contributed by atoms with Crippen molar-refractivity contribution < 1.29 is 22.7 Å². The van der Waals surface area contributed by atoms with Crippen molar-refractivity contribution in [3.8, 4) is 5.75 Å². The first kappa shape index (κ1) is 19.4. The lowest BCUT2D eigenvalue weighted by molar-refractivity contribution is -0.274. The zero-order valence-corrected chi connectivity index (χ0v) is 14.9. The van der Waals surface area contributed by atoms with Gasteiger partial charge in [-0.2, -0.15) is 0 Å². The van der Waals surface area contributed by atoms with Crippen molar-refractivity contribution in [1.29, 1.82) is 0 Å². The molecule has 1 N–H and O–H groups in total. The van der Waals surface area contributed by atoms with Gasteiger partial charge in [-0.3, -0.25) is 4.79 Å². The van der Waals surface area contributed by atoms with Crippen LogP contribution in [0.4, 0.5) is 13.2 Å². The average Bonchev–Trinajstić information content (AvgIpc) is 2.89. The fraction of sp³-hybridized carbons (Fsp3) is 0.294. The second kappa shape index (κ2) is 7.33. The van der Waals surface area contributed by atoms with Gasteiger partial charge in [0.2, 0.25) is 5.91 Å². The Morgan fingerprint density at radius 1 is 1.29 bits per heavy atom. The number of amides is 1. The molecule has 0 spiro atoms. The van der Waals surface area contributed by atoms with Crippen LogP contribution in [0.15, 0.2) is 41.5 Å². The van der Waals surface area contributed by atoms with E-state index in [9.17, 15) is 22.8 Å². The van der Waals surface area contributed by atoms with Gasteiger partial charge in [-0.15, -0.1) is 18.3 Å². The van der Waals surface area contributed by atoms with E-state index in [1.54, 1.807) is 26.2 Å². The van der Waals surface area contributed by atoms with E-state index in [1.165, 1.54) is 16.5 Å². The van der Waals surface area contributed by atoms with Crippen LogP contribution in [0.3, 0.4) is 0 Å². The van der Waals surface area contributed by atoms with Crippen LogP contribution in [-0.2, 0) is 11.3 Å². The molecule has 3 rings (SSSR count). The maximum Gasteiger partial charge on any atom is 0.573 e. The zero-order valence-electron chi connectivity index (χ0n) is 14.9. The molecule has 148 valence electrons. The number of carbonyl (C=O) groups is 1. The van der Waals surface area contributed by atoms with Crippen molar-refractivity contribution >= 4 is 11.7 Å². The molecule has 0 saturated carbocycles. The van der Waals surface area contributed by atoms with Gasteiger partial charge in [-0.25, -0.2) is 18.9 Å². The Labute approximate surface area is 156 Å². The summed E-state index contributed by atoms with van der Waals surface area (Å²) >= 11 is 0. The number of hydrogen-bond acceptors (Lipinski definition) is 5. The van der Waals surface area contributed by atoms with Gasteiger partial charge in [-0.1, -0.05) is 12.1 Å². The Balaban J connectivity index is 1.66. The third kappa shape index (κ3) is 4.48. The monoisotopic (exact) mass is 395 g/mol. The molecule has 0 unspecified atom stereocenters. The van der Waals surface area contributed by atoms with E-state index >= 15 is 0 Å². The maximum absolute atomic E-state index is 12.3. The molecule has 1 aromatic carbocycles. The third-order valence-corrected chi connectivity index (χ3v) is 3.85. The summed E-state index contributed by atoms with van der Waals surface area (Å²) in [5.41, 5.74) is 0.843. The average molecular weight is 395 g/mol. The number of rotatable bonds is 5. The van der Waals surface area contributed by atoms with Crippen LogP contribution in [-0.4, -0.2) is 31.4 Å². The van der Waals surface area contributed by atoms with Crippen molar-refractivity contribution in [3.63, 3.8) is 0 Å². The number of carbonyl (C=O) groups excluding carboxylic acids is 1. The van der Waals surface area contributed by atoms with Gasteiger partial charge in [0, 0.05) is 12.4 Å². The van der Waals surface area contributed by atoms with Crippen LogP contribution < -0.4 is 15.7 Å². The van der Waals surface area contributed by atoms with Crippen molar-refractivity contribution in [2.45, 2.75) is 32.8 Å². The second-order valence-electron chi connectivity index (χ2n) is 6.15.